The number of ether oxygens (including phenoxy) is 2. The summed E-state index contributed by atoms with van der Waals surface area (Å²) < 4.78 is 15.2. The Morgan fingerprint density at radius 2 is 1.92 bits per heavy atom. The van der Waals surface area contributed by atoms with E-state index in [1.165, 1.54) is 25.1 Å². The van der Waals surface area contributed by atoms with Crippen LogP contribution in [0.5, 0.6) is 5.75 Å². The van der Waals surface area contributed by atoms with Crippen LogP contribution < -0.4 is 4.74 Å². The second kappa shape index (κ2) is 8.61. The summed E-state index contributed by atoms with van der Waals surface area (Å²) in [5.74, 6) is -0.792. The highest BCUT2D eigenvalue weighted by Gasteiger charge is 2.18. The number of benzene rings is 1. The third-order valence-corrected chi connectivity index (χ3v) is 3.29. The van der Waals surface area contributed by atoms with Gasteiger partial charge in [0.15, 0.2) is 6.10 Å². The molecular formula is C18H17NO7. The minimum absolute atomic E-state index is 0.124. The molecule has 136 valence electrons. The van der Waals surface area contributed by atoms with Crippen molar-refractivity contribution in [2.24, 2.45) is 0 Å². The molecule has 1 aromatic heterocycles. The van der Waals surface area contributed by atoms with Crippen LogP contribution in [0.2, 0.25) is 0 Å². The van der Waals surface area contributed by atoms with Crippen molar-refractivity contribution in [2.45, 2.75) is 20.0 Å². The topological polar surface area (TPSA) is 109 Å². The molecule has 1 atom stereocenters. The molecule has 8 heteroatoms. The van der Waals surface area contributed by atoms with Gasteiger partial charge >= 0.3 is 11.9 Å². The van der Waals surface area contributed by atoms with Gasteiger partial charge in [-0.2, -0.15) is 0 Å². The van der Waals surface area contributed by atoms with Crippen molar-refractivity contribution in [3.05, 3.63) is 63.9 Å². The van der Waals surface area contributed by atoms with Crippen LogP contribution in [0.4, 0.5) is 5.88 Å². The molecule has 0 aliphatic carbocycles. The summed E-state index contributed by atoms with van der Waals surface area (Å²) in [6, 6.07) is 9.02. The summed E-state index contributed by atoms with van der Waals surface area (Å²) in [5, 5.41) is 10.5. The number of nitrogens with zero attached hydrogens (tertiary/aromatic N) is 1. The van der Waals surface area contributed by atoms with E-state index < -0.39 is 22.9 Å². The highest BCUT2D eigenvalue weighted by atomic mass is 16.6. The average molecular weight is 359 g/mol. The molecule has 0 amide bonds. The number of carbonyl (C=O) groups excluding carboxylic acids is 2. The first-order chi connectivity index (χ1) is 12.4. The lowest BCUT2D eigenvalue weighted by Crippen LogP contribution is -2.23. The van der Waals surface area contributed by atoms with E-state index in [1.807, 2.05) is 6.92 Å². The first-order valence-corrected chi connectivity index (χ1v) is 7.80. The van der Waals surface area contributed by atoms with Crippen molar-refractivity contribution >= 4 is 23.7 Å². The van der Waals surface area contributed by atoms with E-state index in [2.05, 4.69) is 0 Å². The molecule has 0 aliphatic heterocycles. The van der Waals surface area contributed by atoms with E-state index in [4.69, 9.17) is 13.9 Å². The number of rotatable bonds is 8. The molecule has 0 radical (unpaired) electrons. The van der Waals surface area contributed by atoms with Crippen molar-refractivity contribution in [1.82, 2.24) is 0 Å². The Hall–Kier alpha value is -3.42. The van der Waals surface area contributed by atoms with Crippen LogP contribution in [0.3, 0.4) is 0 Å². The van der Waals surface area contributed by atoms with E-state index in [-0.39, 0.29) is 11.5 Å². The highest BCUT2D eigenvalue weighted by molar-refractivity contribution is 6.01. The average Bonchev–Trinajstić information content (AvgIpc) is 3.09. The number of carbonyl (C=O) groups is 2. The lowest BCUT2D eigenvalue weighted by Gasteiger charge is -2.11. The maximum Gasteiger partial charge on any atom is 0.433 e. The van der Waals surface area contributed by atoms with Crippen LogP contribution >= 0.6 is 0 Å². The zero-order chi connectivity index (χ0) is 19.1. The fourth-order valence-electron chi connectivity index (χ4n) is 2.06. The minimum Gasteiger partial charge on any atom is -0.494 e. The second-order valence-corrected chi connectivity index (χ2v) is 5.17. The van der Waals surface area contributed by atoms with E-state index in [0.717, 1.165) is 6.08 Å². The molecule has 2 rings (SSSR count). The van der Waals surface area contributed by atoms with Gasteiger partial charge in [0.05, 0.1) is 12.7 Å². The Morgan fingerprint density at radius 3 is 2.50 bits per heavy atom. The van der Waals surface area contributed by atoms with E-state index in [0.29, 0.717) is 17.9 Å². The molecule has 0 aliphatic rings. The fourth-order valence-corrected chi connectivity index (χ4v) is 2.06. The Bertz CT molecular complexity index is 820. The smallest absolute Gasteiger partial charge is 0.433 e. The molecule has 0 bridgehead atoms. The quantitative estimate of drug-likeness (QED) is 0.233. The van der Waals surface area contributed by atoms with Gasteiger partial charge in [0.25, 0.3) is 0 Å². The highest BCUT2D eigenvalue weighted by Crippen LogP contribution is 2.17. The Labute approximate surface area is 149 Å². The number of ketones is 1. The summed E-state index contributed by atoms with van der Waals surface area (Å²) in [5.41, 5.74) is 0.388. The summed E-state index contributed by atoms with van der Waals surface area (Å²) in [6.45, 7) is 3.84. The van der Waals surface area contributed by atoms with Crippen LogP contribution in [-0.2, 0) is 9.53 Å². The van der Waals surface area contributed by atoms with Gasteiger partial charge in [-0.3, -0.25) is 14.9 Å². The minimum atomic E-state index is -0.990. The molecule has 0 N–H and O–H groups in total. The predicted octanol–water partition coefficient (Wildman–Crippen LogP) is 3.41. The van der Waals surface area contributed by atoms with Gasteiger partial charge in [-0.25, -0.2) is 4.79 Å². The molecule has 0 unspecified atom stereocenters. The molecule has 0 saturated carbocycles. The standard InChI is InChI=1S/C18H17NO7/c1-3-24-14-6-4-13(5-7-14)18(21)12(2)25-17(20)11-9-15-8-10-16(26-15)19(22)23/h4-12H,3H2,1-2H3/b11-9+/t12-/m1/s1. The molecule has 8 nitrogen and oxygen atoms in total. The van der Waals surface area contributed by atoms with Crippen molar-refractivity contribution < 1.29 is 28.4 Å². The maximum atomic E-state index is 12.3. The Morgan fingerprint density at radius 1 is 1.23 bits per heavy atom. The third kappa shape index (κ3) is 5.04. The van der Waals surface area contributed by atoms with Crippen LogP contribution in [0.1, 0.15) is 30.0 Å². The number of nitro groups is 1. The van der Waals surface area contributed by atoms with Gasteiger partial charge in [0, 0.05) is 11.6 Å². The van der Waals surface area contributed by atoms with E-state index in [9.17, 15) is 19.7 Å². The summed E-state index contributed by atoms with van der Waals surface area (Å²) in [6.07, 6.45) is 1.27. The number of hydrogen-bond acceptors (Lipinski definition) is 7. The fraction of sp³-hybridized carbons (Fsp3) is 0.222. The zero-order valence-electron chi connectivity index (χ0n) is 14.2. The molecule has 1 heterocycles. The van der Waals surface area contributed by atoms with Crippen molar-refractivity contribution in [3.8, 4) is 5.75 Å². The third-order valence-electron chi connectivity index (χ3n) is 3.29. The lowest BCUT2D eigenvalue weighted by molar-refractivity contribution is -0.402. The van der Waals surface area contributed by atoms with Crippen LogP contribution in [0, 0.1) is 10.1 Å². The van der Waals surface area contributed by atoms with Gasteiger partial charge in [0.1, 0.15) is 16.4 Å². The Balaban J connectivity index is 1.93. The zero-order valence-corrected chi connectivity index (χ0v) is 14.2. The van der Waals surface area contributed by atoms with Crippen molar-refractivity contribution in [2.75, 3.05) is 6.61 Å². The van der Waals surface area contributed by atoms with Crippen LogP contribution in [0.25, 0.3) is 6.08 Å². The second-order valence-electron chi connectivity index (χ2n) is 5.17. The van der Waals surface area contributed by atoms with Gasteiger partial charge in [-0.15, -0.1) is 0 Å². The van der Waals surface area contributed by atoms with Crippen molar-refractivity contribution in [3.63, 3.8) is 0 Å². The molecular weight excluding hydrogens is 342 g/mol. The number of Topliss-reactive ketones (excluding diaryl/α,β-unsaturated/α-hetero) is 1. The largest absolute Gasteiger partial charge is 0.494 e. The van der Waals surface area contributed by atoms with Gasteiger partial charge < -0.3 is 13.9 Å². The van der Waals surface area contributed by atoms with Gasteiger partial charge in [0.2, 0.25) is 5.78 Å². The lowest BCUT2D eigenvalue weighted by atomic mass is 10.1. The summed E-state index contributed by atoms with van der Waals surface area (Å²) in [7, 11) is 0. The maximum absolute atomic E-state index is 12.3. The summed E-state index contributed by atoms with van der Waals surface area (Å²) in [4.78, 5) is 33.9. The number of furan rings is 1. The van der Waals surface area contributed by atoms with Crippen molar-refractivity contribution in [1.29, 1.82) is 0 Å². The molecule has 2 aromatic rings. The first kappa shape index (κ1) is 18.9. The molecule has 0 fully saturated rings. The normalized spacial score (nSPS) is 11.9. The van der Waals surface area contributed by atoms with Gasteiger partial charge in [-0.05, 0) is 50.3 Å². The predicted molar refractivity (Wildman–Crippen MR) is 91.9 cm³/mol. The SMILES string of the molecule is CCOc1ccc(C(=O)[C@@H](C)OC(=O)/C=C/c2ccc([N+](=O)[O-])o2)cc1. The number of esters is 1. The summed E-state index contributed by atoms with van der Waals surface area (Å²) >= 11 is 0. The van der Waals surface area contributed by atoms with E-state index >= 15 is 0 Å². The number of hydrogen-bond donors (Lipinski definition) is 0. The van der Waals surface area contributed by atoms with Crippen LogP contribution in [-0.4, -0.2) is 29.4 Å². The van der Waals surface area contributed by atoms with Crippen LogP contribution in [0.15, 0.2) is 46.9 Å². The molecule has 0 spiro atoms. The first-order valence-electron chi connectivity index (χ1n) is 7.80. The monoisotopic (exact) mass is 359 g/mol. The Kier molecular flexibility index (Phi) is 6.26. The van der Waals surface area contributed by atoms with Gasteiger partial charge in [-0.1, -0.05) is 0 Å². The molecule has 26 heavy (non-hydrogen) atoms. The van der Waals surface area contributed by atoms with E-state index in [1.54, 1.807) is 24.3 Å². The molecule has 1 aromatic carbocycles. The molecule has 0 saturated heterocycles.